The summed E-state index contributed by atoms with van der Waals surface area (Å²) in [6.07, 6.45) is 1.61. The monoisotopic (exact) mass is 268 g/mol. The van der Waals surface area contributed by atoms with E-state index < -0.39 is 0 Å². The molecular formula is C15H12N2OS. The van der Waals surface area contributed by atoms with E-state index in [1.54, 1.807) is 12.3 Å². The maximum absolute atomic E-state index is 8.80. The first kappa shape index (κ1) is 11.9. The lowest BCUT2D eigenvalue weighted by molar-refractivity contribution is 0.553. The second-order valence-electron chi connectivity index (χ2n) is 5.15. The van der Waals surface area contributed by atoms with Gasteiger partial charge in [-0.25, -0.2) is 0 Å². The Balaban J connectivity index is 2.11. The molecule has 4 heteroatoms. The molecule has 0 bridgehead atoms. The highest BCUT2D eigenvalue weighted by atomic mass is 32.1. The molecule has 1 aliphatic heterocycles. The third-order valence-electron chi connectivity index (χ3n) is 3.55. The molecule has 0 atom stereocenters. The van der Waals surface area contributed by atoms with Crippen molar-refractivity contribution in [2.75, 3.05) is 5.32 Å². The number of anilines is 1. The minimum atomic E-state index is -0.164. The molecule has 1 aliphatic rings. The van der Waals surface area contributed by atoms with Crippen molar-refractivity contribution in [2.45, 2.75) is 19.3 Å². The SMILES string of the molecule is CC1(C)C(=S)Nc2ccc(-c3coc(C#N)c3)cc21. The lowest BCUT2D eigenvalue weighted by Gasteiger charge is -2.18. The van der Waals surface area contributed by atoms with Gasteiger partial charge in [0.25, 0.3) is 0 Å². The number of nitrogens with one attached hydrogen (secondary N) is 1. The maximum atomic E-state index is 8.80. The van der Waals surface area contributed by atoms with Crippen LogP contribution in [0, 0.1) is 11.3 Å². The van der Waals surface area contributed by atoms with Gasteiger partial charge in [-0.15, -0.1) is 0 Å². The van der Waals surface area contributed by atoms with Gasteiger partial charge in [-0.2, -0.15) is 5.26 Å². The maximum Gasteiger partial charge on any atom is 0.203 e. The first-order chi connectivity index (χ1) is 9.02. The Morgan fingerprint density at radius 1 is 1.26 bits per heavy atom. The summed E-state index contributed by atoms with van der Waals surface area (Å²) in [4.78, 5) is 0.838. The van der Waals surface area contributed by atoms with Crippen LogP contribution >= 0.6 is 12.2 Å². The topological polar surface area (TPSA) is 49.0 Å². The number of nitrogens with zero attached hydrogens (tertiary/aromatic N) is 1. The molecule has 0 fully saturated rings. The van der Waals surface area contributed by atoms with Gasteiger partial charge in [0.1, 0.15) is 12.3 Å². The number of benzene rings is 1. The third-order valence-corrected chi connectivity index (χ3v) is 4.16. The van der Waals surface area contributed by atoms with Gasteiger partial charge in [0.05, 0.1) is 4.99 Å². The van der Waals surface area contributed by atoms with Crippen LogP contribution in [0.25, 0.3) is 11.1 Å². The minimum Gasteiger partial charge on any atom is -0.453 e. The third kappa shape index (κ3) is 1.74. The molecule has 0 saturated carbocycles. The Morgan fingerprint density at radius 3 is 2.74 bits per heavy atom. The summed E-state index contributed by atoms with van der Waals surface area (Å²) in [6, 6.07) is 9.86. The lowest BCUT2D eigenvalue weighted by Crippen LogP contribution is -2.25. The van der Waals surface area contributed by atoms with Gasteiger partial charge < -0.3 is 9.73 Å². The van der Waals surface area contributed by atoms with E-state index in [9.17, 15) is 0 Å². The lowest BCUT2D eigenvalue weighted by atomic mass is 9.85. The molecular weight excluding hydrogens is 256 g/mol. The van der Waals surface area contributed by atoms with E-state index in [0.29, 0.717) is 5.76 Å². The van der Waals surface area contributed by atoms with Crippen LogP contribution in [-0.2, 0) is 5.41 Å². The van der Waals surface area contributed by atoms with E-state index in [0.717, 1.165) is 21.8 Å². The number of thiocarbonyl (C=S) groups is 1. The van der Waals surface area contributed by atoms with Crippen LogP contribution in [0.1, 0.15) is 25.2 Å². The van der Waals surface area contributed by atoms with Gasteiger partial charge in [-0.3, -0.25) is 0 Å². The number of hydrogen-bond acceptors (Lipinski definition) is 3. The van der Waals surface area contributed by atoms with Gasteiger partial charge in [-0.05, 0) is 37.1 Å². The minimum absolute atomic E-state index is 0.164. The van der Waals surface area contributed by atoms with Crippen LogP contribution in [0.15, 0.2) is 34.9 Å². The standard InChI is InChI=1S/C15H12N2OS/c1-15(2)12-6-9(3-4-13(12)17-14(15)19)10-5-11(7-16)18-8-10/h3-6,8H,1-2H3,(H,17,19). The fourth-order valence-corrected chi connectivity index (χ4v) is 2.52. The number of nitriles is 1. The molecule has 3 rings (SSSR count). The van der Waals surface area contributed by atoms with Crippen LogP contribution in [0.3, 0.4) is 0 Å². The van der Waals surface area contributed by atoms with Crippen molar-refractivity contribution in [2.24, 2.45) is 0 Å². The van der Waals surface area contributed by atoms with Gasteiger partial charge in [0.15, 0.2) is 0 Å². The number of furan rings is 1. The molecule has 0 spiro atoms. The van der Waals surface area contributed by atoms with Crippen LogP contribution in [0.5, 0.6) is 0 Å². The van der Waals surface area contributed by atoms with Crippen LogP contribution in [0.2, 0.25) is 0 Å². The van der Waals surface area contributed by atoms with E-state index in [1.165, 1.54) is 5.56 Å². The van der Waals surface area contributed by atoms with E-state index >= 15 is 0 Å². The van der Waals surface area contributed by atoms with E-state index in [-0.39, 0.29) is 5.41 Å². The van der Waals surface area contributed by atoms with E-state index in [1.807, 2.05) is 18.2 Å². The number of fused-ring (bicyclic) bond motifs is 1. The zero-order valence-corrected chi connectivity index (χ0v) is 11.5. The summed E-state index contributed by atoms with van der Waals surface area (Å²) in [5.74, 6) is 0.323. The molecule has 0 aliphatic carbocycles. The molecule has 19 heavy (non-hydrogen) atoms. The normalized spacial score (nSPS) is 15.7. The molecule has 1 aromatic carbocycles. The molecule has 2 heterocycles. The highest BCUT2D eigenvalue weighted by molar-refractivity contribution is 7.80. The highest BCUT2D eigenvalue weighted by Crippen LogP contribution is 2.40. The summed E-state index contributed by atoms with van der Waals surface area (Å²) >= 11 is 5.37. The van der Waals surface area contributed by atoms with Crippen molar-refractivity contribution in [3.8, 4) is 17.2 Å². The van der Waals surface area contributed by atoms with Gasteiger partial charge in [-0.1, -0.05) is 18.3 Å². The quantitative estimate of drug-likeness (QED) is 0.798. The fourth-order valence-electron chi connectivity index (χ4n) is 2.30. The molecule has 1 N–H and O–H groups in total. The molecule has 0 radical (unpaired) electrons. The van der Waals surface area contributed by atoms with Crippen molar-refractivity contribution in [3.63, 3.8) is 0 Å². The second kappa shape index (κ2) is 3.94. The Labute approximate surface area is 116 Å². The van der Waals surface area contributed by atoms with Crippen molar-refractivity contribution < 1.29 is 4.42 Å². The van der Waals surface area contributed by atoms with Crippen LogP contribution < -0.4 is 5.32 Å². The molecule has 0 amide bonds. The molecule has 2 aromatic rings. The zero-order chi connectivity index (χ0) is 13.6. The first-order valence-electron chi connectivity index (χ1n) is 5.97. The van der Waals surface area contributed by atoms with Crippen molar-refractivity contribution in [1.29, 1.82) is 5.26 Å². The van der Waals surface area contributed by atoms with Gasteiger partial charge in [0.2, 0.25) is 5.76 Å². The first-order valence-corrected chi connectivity index (χ1v) is 6.38. The average Bonchev–Trinajstić information content (AvgIpc) is 2.94. The Morgan fingerprint density at radius 2 is 2.05 bits per heavy atom. The average molecular weight is 268 g/mol. The predicted octanol–water partition coefficient (Wildman–Crippen LogP) is 3.85. The van der Waals surface area contributed by atoms with Crippen molar-refractivity contribution in [3.05, 3.63) is 41.9 Å². The van der Waals surface area contributed by atoms with E-state index in [2.05, 4.69) is 25.2 Å². The summed E-state index contributed by atoms with van der Waals surface area (Å²) in [5.41, 5.74) is 4.01. The van der Waals surface area contributed by atoms with E-state index in [4.69, 9.17) is 21.9 Å². The fraction of sp³-hybridized carbons (Fsp3) is 0.200. The molecule has 0 unspecified atom stereocenters. The molecule has 1 aromatic heterocycles. The van der Waals surface area contributed by atoms with Gasteiger partial charge >= 0.3 is 0 Å². The molecule has 94 valence electrons. The highest BCUT2D eigenvalue weighted by Gasteiger charge is 2.35. The smallest absolute Gasteiger partial charge is 0.203 e. The summed E-state index contributed by atoms with van der Waals surface area (Å²) < 4.78 is 5.16. The Hall–Kier alpha value is -2.12. The molecule has 3 nitrogen and oxygen atoms in total. The summed E-state index contributed by atoms with van der Waals surface area (Å²) in [6.45, 7) is 4.21. The van der Waals surface area contributed by atoms with Crippen molar-refractivity contribution >= 4 is 22.9 Å². The molecule has 0 saturated heterocycles. The van der Waals surface area contributed by atoms with Crippen LogP contribution in [-0.4, -0.2) is 4.99 Å². The summed E-state index contributed by atoms with van der Waals surface area (Å²) in [7, 11) is 0. The second-order valence-corrected chi connectivity index (χ2v) is 5.56. The number of rotatable bonds is 1. The Kier molecular flexibility index (Phi) is 2.48. The largest absolute Gasteiger partial charge is 0.453 e. The predicted molar refractivity (Wildman–Crippen MR) is 78.1 cm³/mol. The van der Waals surface area contributed by atoms with Crippen molar-refractivity contribution in [1.82, 2.24) is 0 Å². The summed E-state index contributed by atoms with van der Waals surface area (Å²) in [5, 5.41) is 12.0. The van der Waals surface area contributed by atoms with Crippen LogP contribution in [0.4, 0.5) is 5.69 Å². The van der Waals surface area contributed by atoms with Gasteiger partial charge in [0, 0.05) is 22.7 Å². The number of hydrogen-bond donors (Lipinski definition) is 1. The zero-order valence-electron chi connectivity index (χ0n) is 10.7. The Bertz CT molecular complexity index is 722.